The number of nitrogens with one attached hydrogen (secondary N) is 3. The molecule has 2 aromatic rings. The molecule has 3 N–H and O–H groups in total. The smallest absolute Gasteiger partial charge is 0.251 e. The van der Waals surface area contributed by atoms with Crippen molar-refractivity contribution in [3.63, 3.8) is 0 Å². The lowest BCUT2D eigenvalue weighted by Gasteiger charge is -2.13. The number of guanidine groups is 1. The van der Waals surface area contributed by atoms with Crippen molar-refractivity contribution >= 4 is 35.8 Å². The molecule has 0 aliphatic heterocycles. The van der Waals surface area contributed by atoms with Gasteiger partial charge in [0.2, 0.25) is 0 Å². The molecule has 2 rings (SSSR count). The number of aryl methyl sites for hydroxylation is 1. The molecular formula is C22H31IN4O2. The van der Waals surface area contributed by atoms with Crippen LogP contribution in [-0.4, -0.2) is 38.6 Å². The molecule has 0 bridgehead atoms. The van der Waals surface area contributed by atoms with Gasteiger partial charge in [0, 0.05) is 25.2 Å². The number of ether oxygens (including phenoxy) is 1. The largest absolute Gasteiger partial charge is 0.497 e. The van der Waals surface area contributed by atoms with E-state index < -0.39 is 0 Å². The summed E-state index contributed by atoms with van der Waals surface area (Å²) in [6.45, 7) is 6.67. The number of amides is 1. The molecule has 0 aliphatic carbocycles. The Morgan fingerprint density at radius 3 is 2.21 bits per heavy atom. The topological polar surface area (TPSA) is 74.8 Å². The number of carbonyl (C=O) groups is 1. The number of hydrogen-bond acceptors (Lipinski definition) is 3. The Labute approximate surface area is 190 Å². The summed E-state index contributed by atoms with van der Waals surface area (Å²) in [5.74, 6) is 1.37. The van der Waals surface area contributed by atoms with Gasteiger partial charge < -0.3 is 20.7 Å². The van der Waals surface area contributed by atoms with Gasteiger partial charge in [-0.1, -0.05) is 31.2 Å². The minimum atomic E-state index is -0.108. The number of halogens is 1. The van der Waals surface area contributed by atoms with Crippen LogP contribution >= 0.6 is 24.0 Å². The average Bonchev–Trinajstić information content (AvgIpc) is 2.75. The minimum absolute atomic E-state index is 0. The Balaban J connectivity index is 0.00000420. The van der Waals surface area contributed by atoms with Crippen LogP contribution in [0.3, 0.4) is 0 Å². The van der Waals surface area contributed by atoms with E-state index in [4.69, 9.17) is 4.74 Å². The van der Waals surface area contributed by atoms with Crippen LogP contribution in [0.4, 0.5) is 0 Å². The summed E-state index contributed by atoms with van der Waals surface area (Å²) >= 11 is 0. The summed E-state index contributed by atoms with van der Waals surface area (Å²) in [6, 6.07) is 15.4. The van der Waals surface area contributed by atoms with Crippen LogP contribution in [0.2, 0.25) is 0 Å². The minimum Gasteiger partial charge on any atom is -0.497 e. The highest BCUT2D eigenvalue weighted by Gasteiger charge is 2.05. The summed E-state index contributed by atoms with van der Waals surface area (Å²) in [6.07, 6.45) is 0.993. The number of nitrogens with zero attached hydrogens (tertiary/aromatic N) is 1. The predicted octanol–water partition coefficient (Wildman–Crippen LogP) is 3.36. The van der Waals surface area contributed by atoms with Gasteiger partial charge in [0.1, 0.15) is 5.75 Å². The van der Waals surface area contributed by atoms with Gasteiger partial charge in [-0.3, -0.25) is 4.79 Å². The molecular weight excluding hydrogens is 479 g/mol. The van der Waals surface area contributed by atoms with E-state index in [-0.39, 0.29) is 29.9 Å². The summed E-state index contributed by atoms with van der Waals surface area (Å²) < 4.78 is 5.10. The van der Waals surface area contributed by atoms with Gasteiger partial charge in [0.25, 0.3) is 5.91 Å². The molecule has 0 unspecified atom stereocenters. The maximum Gasteiger partial charge on any atom is 0.251 e. The Bertz CT molecular complexity index is 779. The monoisotopic (exact) mass is 510 g/mol. The summed E-state index contributed by atoms with van der Waals surface area (Å²) in [5.41, 5.74) is 3.15. The van der Waals surface area contributed by atoms with Crippen molar-refractivity contribution in [3.8, 4) is 5.75 Å². The number of carbonyl (C=O) groups excluding carboxylic acids is 1. The molecule has 0 aliphatic rings. The Hall–Kier alpha value is -2.29. The molecule has 29 heavy (non-hydrogen) atoms. The van der Waals surface area contributed by atoms with Crippen LogP contribution in [0.1, 0.15) is 35.3 Å². The Kier molecular flexibility index (Phi) is 11.8. The van der Waals surface area contributed by atoms with Crippen molar-refractivity contribution in [2.75, 3.05) is 26.7 Å². The predicted molar refractivity (Wildman–Crippen MR) is 129 cm³/mol. The zero-order valence-electron chi connectivity index (χ0n) is 17.3. The second-order valence-corrected chi connectivity index (χ2v) is 6.23. The molecule has 0 radical (unpaired) electrons. The maximum absolute atomic E-state index is 12.2. The molecule has 0 saturated carbocycles. The van der Waals surface area contributed by atoms with E-state index in [2.05, 4.69) is 46.1 Å². The van der Waals surface area contributed by atoms with Gasteiger partial charge in [0.15, 0.2) is 5.96 Å². The molecule has 0 atom stereocenters. The van der Waals surface area contributed by atoms with Gasteiger partial charge in [-0.25, -0.2) is 4.99 Å². The van der Waals surface area contributed by atoms with Gasteiger partial charge in [0.05, 0.1) is 13.7 Å². The normalized spacial score (nSPS) is 10.7. The van der Waals surface area contributed by atoms with Crippen molar-refractivity contribution in [2.24, 2.45) is 4.99 Å². The van der Waals surface area contributed by atoms with Crippen molar-refractivity contribution in [1.29, 1.82) is 0 Å². The Morgan fingerprint density at radius 1 is 0.931 bits per heavy atom. The molecule has 0 spiro atoms. The SMILES string of the molecule is CCNC(=NCc1ccccc1CC)NCCNC(=O)c1ccc(OC)cc1.I. The fraction of sp³-hybridized carbons (Fsp3) is 0.364. The average molecular weight is 510 g/mol. The fourth-order valence-electron chi connectivity index (χ4n) is 2.76. The summed E-state index contributed by atoms with van der Waals surface area (Å²) in [4.78, 5) is 16.8. The molecule has 1 amide bonds. The zero-order valence-corrected chi connectivity index (χ0v) is 19.7. The Morgan fingerprint density at radius 2 is 1.59 bits per heavy atom. The van der Waals surface area contributed by atoms with E-state index in [1.807, 2.05) is 13.0 Å². The van der Waals surface area contributed by atoms with Crippen LogP contribution in [0.25, 0.3) is 0 Å². The molecule has 6 nitrogen and oxygen atoms in total. The molecule has 0 saturated heterocycles. The van der Waals surface area contributed by atoms with Gasteiger partial charge in [-0.05, 0) is 48.7 Å². The van der Waals surface area contributed by atoms with E-state index in [0.29, 0.717) is 25.2 Å². The molecule has 7 heteroatoms. The van der Waals surface area contributed by atoms with Gasteiger partial charge >= 0.3 is 0 Å². The molecule has 0 aromatic heterocycles. The lowest BCUT2D eigenvalue weighted by atomic mass is 10.1. The molecule has 2 aromatic carbocycles. The highest BCUT2D eigenvalue weighted by molar-refractivity contribution is 14.0. The van der Waals surface area contributed by atoms with Crippen molar-refractivity contribution in [1.82, 2.24) is 16.0 Å². The summed E-state index contributed by atoms with van der Waals surface area (Å²) in [7, 11) is 1.60. The van der Waals surface area contributed by atoms with E-state index in [1.165, 1.54) is 11.1 Å². The van der Waals surface area contributed by atoms with Crippen molar-refractivity contribution in [3.05, 3.63) is 65.2 Å². The first-order valence-corrected chi connectivity index (χ1v) is 9.69. The van der Waals surface area contributed by atoms with Crippen LogP contribution in [-0.2, 0) is 13.0 Å². The number of hydrogen-bond donors (Lipinski definition) is 3. The van der Waals surface area contributed by atoms with Crippen LogP contribution in [0, 0.1) is 0 Å². The third-order valence-corrected chi connectivity index (χ3v) is 4.31. The lowest BCUT2D eigenvalue weighted by molar-refractivity contribution is 0.0954. The second-order valence-electron chi connectivity index (χ2n) is 6.23. The van der Waals surface area contributed by atoms with E-state index in [0.717, 1.165) is 24.7 Å². The quantitative estimate of drug-likeness (QED) is 0.209. The van der Waals surface area contributed by atoms with E-state index in [1.54, 1.807) is 31.4 Å². The highest BCUT2D eigenvalue weighted by Crippen LogP contribution is 2.11. The third kappa shape index (κ3) is 8.31. The molecule has 0 fully saturated rings. The van der Waals surface area contributed by atoms with Crippen LogP contribution in [0.15, 0.2) is 53.5 Å². The number of benzene rings is 2. The van der Waals surface area contributed by atoms with E-state index >= 15 is 0 Å². The third-order valence-electron chi connectivity index (χ3n) is 4.31. The first-order valence-electron chi connectivity index (χ1n) is 9.69. The van der Waals surface area contributed by atoms with Crippen molar-refractivity contribution in [2.45, 2.75) is 26.8 Å². The number of methoxy groups -OCH3 is 1. The van der Waals surface area contributed by atoms with Gasteiger partial charge in [-0.15, -0.1) is 24.0 Å². The molecule has 0 heterocycles. The first-order chi connectivity index (χ1) is 13.7. The summed E-state index contributed by atoms with van der Waals surface area (Å²) in [5, 5.41) is 9.39. The number of aliphatic imine (C=N–C) groups is 1. The van der Waals surface area contributed by atoms with Gasteiger partial charge in [-0.2, -0.15) is 0 Å². The first kappa shape index (κ1) is 24.7. The highest BCUT2D eigenvalue weighted by atomic mass is 127. The van der Waals surface area contributed by atoms with E-state index in [9.17, 15) is 4.79 Å². The van der Waals surface area contributed by atoms with Crippen molar-refractivity contribution < 1.29 is 9.53 Å². The number of rotatable bonds is 9. The van der Waals surface area contributed by atoms with Crippen LogP contribution in [0.5, 0.6) is 5.75 Å². The lowest BCUT2D eigenvalue weighted by Crippen LogP contribution is -2.41. The standard InChI is InChI=1S/C22H30N4O2.HI/c1-4-17-8-6-7-9-19(17)16-26-22(23-5-2)25-15-14-24-21(27)18-10-12-20(28-3)13-11-18;/h6-13H,4-5,14-16H2,1-3H3,(H,24,27)(H2,23,25,26);1H. The molecule has 158 valence electrons. The zero-order chi connectivity index (χ0) is 20.2. The second kappa shape index (κ2) is 13.8. The van der Waals surface area contributed by atoms with Crippen LogP contribution < -0.4 is 20.7 Å². The fourth-order valence-corrected chi connectivity index (χ4v) is 2.76. The maximum atomic E-state index is 12.2.